The van der Waals surface area contributed by atoms with Crippen molar-refractivity contribution < 1.29 is 37.4 Å². The van der Waals surface area contributed by atoms with Crippen LogP contribution in [-0.4, -0.2) is 48.4 Å². The van der Waals surface area contributed by atoms with E-state index in [-0.39, 0.29) is 29.4 Å². The quantitative estimate of drug-likeness (QED) is 0.545. The van der Waals surface area contributed by atoms with Crippen LogP contribution in [0.15, 0.2) is 24.3 Å². The zero-order valence-electron chi connectivity index (χ0n) is 15.4. The predicted molar refractivity (Wildman–Crippen MR) is 94.8 cm³/mol. The van der Waals surface area contributed by atoms with Gasteiger partial charge in [-0.1, -0.05) is 12.8 Å². The number of carbonyl (C=O) groups is 4. The molecular formula is C19H20F2N2O6. The van der Waals surface area contributed by atoms with E-state index in [0.717, 1.165) is 17.7 Å². The molecule has 2 fully saturated rings. The minimum atomic E-state index is -2.95. The SMILES string of the molecule is O=C(COC(=O)CN1C(=O)[C@@H]2CCCC[C@H]2C1=O)Nc1ccc(OC(F)F)cc1. The van der Waals surface area contributed by atoms with Gasteiger partial charge < -0.3 is 14.8 Å². The van der Waals surface area contributed by atoms with Crippen molar-refractivity contribution in [1.82, 2.24) is 4.90 Å². The van der Waals surface area contributed by atoms with Crippen molar-refractivity contribution in [2.45, 2.75) is 32.3 Å². The summed E-state index contributed by atoms with van der Waals surface area (Å²) in [5.41, 5.74) is 0.293. The Bertz CT molecular complexity index is 774. The van der Waals surface area contributed by atoms with E-state index >= 15 is 0 Å². The first-order chi connectivity index (χ1) is 13.8. The molecule has 0 bridgehead atoms. The molecule has 3 rings (SSSR count). The molecule has 1 saturated heterocycles. The molecule has 10 heteroatoms. The van der Waals surface area contributed by atoms with Crippen LogP contribution < -0.4 is 10.1 Å². The van der Waals surface area contributed by atoms with Gasteiger partial charge in [0.05, 0.1) is 11.8 Å². The van der Waals surface area contributed by atoms with Crippen LogP contribution in [0.5, 0.6) is 5.75 Å². The summed E-state index contributed by atoms with van der Waals surface area (Å²) in [6, 6.07) is 5.19. The zero-order chi connectivity index (χ0) is 21.0. The van der Waals surface area contributed by atoms with Gasteiger partial charge >= 0.3 is 12.6 Å². The molecule has 3 amide bonds. The third-order valence-corrected chi connectivity index (χ3v) is 4.95. The molecule has 156 valence electrons. The number of anilines is 1. The van der Waals surface area contributed by atoms with E-state index in [9.17, 15) is 28.0 Å². The van der Waals surface area contributed by atoms with Crippen molar-refractivity contribution >= 4 is 29.4 Å². The highest BCUT2D eigenvalue weighted by atomic mass is 19.3. The number of carbonyl (C=O) groups excluding carboxylic acids is 4. The second kappa shape index (κ2) is 8.97. The number of likely N-dealkylation sites (tertiary alicyclic amines) is 1. The number of benzene rings is 1. The lowest BCUT2D eigenvalue weighted by molar-refractivity contribution is -0.154. The number of fused-ring (bicyclic) bond motifs is 1. The van der Waals surface area contributed by atoms with Crippen LogP contribution in [0.2, 0.25) is 0 Å². The largest absolute Gasteiger partial charge is 0.454 e. The number of rotatable bonds is 7. The molecule has 1 aliphatic carbocycles. The van der Waals surface area contributed by atoms with Crippen molar-refractivity contribution in [2.75, 3.05) is 18.5 Å². The Labute approximate surface area is 165 Å². The Balaban J connectivity index is 1.45. The Hall–Kier alpha value is -3.04. The Morgan fingerprint density at radius 2 is 1.66 bits per heavy atom. The van der Waals surface area contributed by atoms with Gasteiger partial charge in [-0.25, -0.2) is 0 Å². The van der Waals surface area contributed by atoms with Crippen molar-refractivity contribution in [2.24, 2.45) is 11.8 Å². The first kappa shape index (κ1) is 20.7. The van der Waals surface area contributed by atoms with Gasteiger partial charge in [-0.2, -0.15) is 8.78 Å². The monoisotopic (exact) mass is 410 g/mol. The highest BCUT2D eigenvalue weighted by molar-refractivity contribution is 6.07. The van der Waals surface area contributed by atoms with Crippen LogP contribution in [0.1, 0.15) is 25.7 Å². The number of nitrogens with one attached hydrogen (secondary N) is 1. The minimum Gasteiger partial charge on any atom is -0.454 e. The smallest absolute Gasteiger partial charge is 0.387 e. The second-order valence-corrected chi connectivity index (χ2v) is 6.87. The van der Waals surface area contributed by atoms with Crippen molar-refractivity contribution in [3.8, 4) is 5.75 Å². The Morgan fingerprint density at radius 1 is 1.07 bits per heavy atom. The first-order valence-corrected chi connectivity index (χ1v) is 9.20. The van der Waals surface area contributed by atoms with E-state index in [1.165, 1.54) is 24.3 Å². The summed E-state index contributed by atoms with van der Waals surface area (Å²) in [6.07, 6.45) is 3.05. The van der Waals surface area contributed by atoms with Gasteiger partial charge in [0.25, 0.3) is 5.91 Å². The fourth-order valence-electron chi connectivity index (χ4n) is 3.62. The topological polar surface area (TPSA) is 102 Å². The van der Waals surface area contributed by atoms with Crippen LogP contribution in [0.3, 0.4) is 0 Å². The summed E-state index contributed by atoms with van der Waals surface area (Å²) < 4.78 is 33.2. The molecule has 0 unspecified atom stereocenters. The van der Waals surface area contributed by atoms with Crippen LogP contribution >= 0.6 is 0 Å². The molecule has 8 nitrogen and oxygen atoms in total. The predicted octanol–water partition coefficient (Wildman–Crippen LogP) is 1.94. The number of hydrogen-bond acceptors (Lipinski definition) is 6. The van der Waals surface area contributed by atoms with Gasteiger partial charge in [-0.05, 0) is 37.1 Å². The fourth-order valence-corrected chi connectivity index (χ4v) is 3.62. The van der Waals surface area contributed by atoms with Crippen molar-refractivity contribution in [3.05, 3.63) is 24.3 Å². The fraction of sp³-hybridized carbons (Fsp3) is 0.474. The van der Waals surface area contributed by atoms with Gasteiger partial charge in [0.1, 0.15) is 12.3 Å². The van der Waals surface area contributed by atoms with Gasteiger partial charge in [0.15, 0.2) is 6.61 Å². The second-order valence-electron chi connectivity index (χ2n) is 6.87. The zero-order valence-corrected chi connectivity index (χ0v) is 15.4. The van der Waals surface area contributed by atoms with E-state index < -0.39 is 31.6 Å². The average molecular weight is 410 g/mol. The molecule has 2 aliphatic rings. The van der Waals surface area contributed by atoms with E-state index in [1.807, 2.05) is 0 Å². The van der Waals surface area contributed by atoms with Gasteiger partial charge in [0, 0.05) is 5.69 Å². The molecule has 1 N–H and O–H groups in total. The molecule has 29 heavy (non-hydrogen) atoms. The average Bonchev–Trinajstić information content (AvgIpc) is 2.93. The standard InChI is InChI=1S/C19H20F2N2O6/c20-19(21)29-12-7-5-11(6-8-12)22-15(24)10-28-16(25)9-23-17(26)13-3-1-2-4-14(13)18(23)27/h5-8,13-14,19H,1-4,9-10H2,(H,22,24)/t13-,14-/m1/s1. The summed E-state index contributed by atoms with van der Waals surface area (Å²) in [6.45, 7) is -4.08. The minimum absolute atomic E-state index is 0.0649. The summed E-state index contributed by atoms with van der Waals surface area (Å²) >= 11 is 0. The van der Waals surface area contributed by atoms with Crippen LogP contribution in [0.25, 0.3) is 0 Å². The summed E-state index contributed by atoms with van der Waals surface area (Å²) in [5, 5.41) is 2.42. The molecule has 0 aromatic heterocycles. The van der Waals surface area contributed by atoms with Crippen LogP contribution in [-0.2, 0) is 23.9 Å². The number of hydrogen-bond donors (Lipinski definition) is 1. The van der Waals surface area contributed by atoms with Crippen molar-refractivity contribution in [3.63, 3.8) is 0 Å². The molecule has 2 atom stereocenters. The number of ether oxygens (including phenoxy) is 2. The number of amides is 3. The molecule has 0 radical (unpaired) electrons. The number of alkyl halides is 2. The van der Waals surface area contributed by atoms with Gasteiger partial charge in [-0.15, -0.1) is 0 Å². The normalized spacial score (nSPS) is 21.1. The maximum atomic E-state index is 12.3. The molecule has 1 heterocycles. The lowest BCUT2D eigenvalue weighted by Crippen LogP contribution is -2.37. The van der Waals surface area contributed by atoms with E-state index in [4.69, 9.17) is 4.74 Å². The number of imide groups is 1. The maximum Gasteiger partial charge on any atom is 0.387 e. The molecule has 1 aromatic rings. The van der Waals surface area contributed by atoms with E-state index in [2.05, 4.69) is 10.1 Å². The summed E-state index contributed by atoms with van der Waals surface area (Å²) in [5.74, 6) is -3.01. The molecule has 0 spiro atoms. The Kier molecular flexibility index (Phi) is 6.40. The molecule has 1 aromatic carbocycles. The highest BCUT2D eigenvalue weighted by Crippen LogP contribution is 2.37. The highest BCUT2D eigenvalue weighted by Gasteiger charge is 2.48. The number of nitrogens with zero attached hydrogens (tertiary/aromatic N) is 1. The van der Waals surface area contributed by atoms with Crippen LogP contribution in [0.4, 0.5) is 14.5 Å². The molecule has 1 aliphatic heterocycles. The van der Waals surface area contributed by atoms with Gasteiger partial charge in [-0.3, -0.25) is 24.1 Å². The van der Waals surface area contributed by atoms with Gasteiger partial charge in [0.2, 0.25) is 11.8 Å². The van der Waals surface area contributed by atoms with Crippen LogP contribution in [0, 0.1) is 11.8 Å². The lowest BCUT2D eigenvalue weighted by atomic mass is 9.81. The number of halogens is 2. The Morgan fingerprint density at radius 3 is 2.21 bits per heavy atom. The van der Waals surface area contributed by atoms with Crippen molar-refractivity contribution in [1.29, 1.82) is 0 Å². The number of esters is 1. The van der Waals surface area contributed by atoms with E-state index in [1.54, 1.807) is 0 Å². The summed E-state index contributed by atoms with van der Waals surface area (Å²) in [4.78, 5) is 49.4. The molecule has 1 saturated carbocycles. The summed E-state index contributed by atoms with van der Waals surface area (Å²) in [7, 11) is 0. The lowest BCUT2D eigenvalue weighted by Gasteiger charge is -2.19. The van der Waals surface area contributed by atoms with E-state index in [0.29, 0.717) is 18.5 Å². The third kappa shape index (κ3) is 5.07. The first-order valence-electron chi connectivity index (χ1n) is 9.20. The maximum absolute atomic E-state index is 12.3. The third-order valence-electron chi connectivity index (χ3n) is 4.95. The molecular weight excluding hydrogens is 390 g/mol.